The van der Waals surface area contributed by atoms with Gasteiger partial charge in [-0.25, -0.2) is 0 Å². The lowest BCUT2D eigenvalue weighted by atomic mass is 9.95. The summed E-state index contributed by atoms with van der Waals surface area (Å²) < 4.78 is 0. The minimum atomic E-state index is 0.350. The summed E-state index contributed by atoms with van der Waals surface area (Å²) in [4.78, 5) is 2.58. The van der Waals surface area contributed by atoms with Gasteiger partial charge in [0.1, 0.15) is 0 Å². The second kappa shape index (κ2) is 7.55. The predicted molar refractivity (Wildman–Crippen MR) is 75.6 cm³/mol. The average molecular weight is 247 g/mol. The lowest BCUT2D eigenvalue weighted by Crippen LogP contribution is -2.36. The Morgan fingerprint density at radius 2 is 2.06 bits per heavy atom. The summed E-state index contributed by atoms with van der Waals surface area (Å²) in [6, 6.07) is 10.7. The van der Waals surface area contributed by atoms with Crippen molar-refractivity contribution in [2.75, 3.05) is 26.2 Å². The van der Waals surface area contributed by atoms with Crippen molar-refractivity contribution in [1.82, 2.24) is 4.90 Å². The number of likely N-dealkylation sites (tertiary alicyclic amines) is 1. The van der Waals surface area contributed by atoms with Gasteiger partial charge in [0.05, 0.1) is 0 Å². The van der Waals surface area contributed by atoms with Gasteiger partial charge in [-0.2, -0.15) is 0 Å². The molecule has 0 aromatic heterocycles. The van der Waals surface area contributed by atoms with Crippen molar-refractivity contribution in [3.05, 3.63) is 35.9 Å². The minimum Gasteiger partial charge on any atom is -0.396 e. The van der Waals surface area contributed by atoms with Gasteiger partial charge in [-0.3, -0.25) is 0 Å². The van der Waals surface area contributed by atoms with Gasteiger partial charge in [-0.15, -0.1) is 0 Å². The Labute approximate surface area is 111 Å². The first-order valence-electron chi connectivity index (χ1n) is 7.25. The molecule has 18 heavy (non-hydrogen) atoms. The highest BCUT2D eigenvalue weighted by Crippen LogP contribution is 2.19. The first-order chi connectivity index (χ1) is 8.88. The van der Waals surface area contributed by atoms with Crippen LogP contribution in [0.2, 0.25) is 0 Å². The van der Waals surface area contributed by atoms with Crippen LogP contribution in [0.5, 0.6) is 0 Å². The lowest BCUT2D eigenvalue weighted by molar-refractivity contribution is 0.147. The Balaban J connectivity index is 1.67. The molecule has 1 aromatic rings. The van der Waals surface area contributed by atoms with Gasteiger partial charge in [0.25, 0.3) is 0 Å². The van der Waals surface area contributed by atoms with Crippen LogP contribution in [-0.2, 0) is 6.42 Å². The van der Waals surface area contributed by atoms with E-state index in [4.69, 9.17) is 5.11 Å². The summed E-state index contributed by atoms with van der Waals surface area (Å²) >= 11 is 0. The van der Waals surface area contributed by atoms with Crippen LogP contribution in [0, 0.1) is 5.92 Å². The van der Waals surface area contributed by atoms with E-state index in [2.05, 4.69) is 35.2 Å². The smallest absolute Gasteiger partial charge is 0.0434 e. The quantitative estimate of drug-likeness (QED) is 0.835. The maximum Gasteiger partial charge on any atom is 0.0434 e. The Bertz CT molecular complexity index is 323. The number of rotatable bonds is 6. The van der Waals surface area contributed by atoms with Crippen LogP contribution in [0.1, 0.15) is 31.2 Å². The summed E-state index contributed by atoms with van der Waals surface area (Å²) in [5, 5.41) is 9.01. The summed E-state index contributed by atoms with van der Waals surface area (Å²) in [5.41, 5.74) is 1.45. The predicted octanol–water partition coefficient (Wildman–Crippen LogP) is 2.71. The summed E-state index contributed by atoms with van der Waals surface area (Å²) in [5.74, 6) is 0.723. The molecule has 1 N–H and O–H groups in total. The third-order valence-electron chi connectivity index (χ3n) is 3.92. The van der Waals surface area contributed by atoms with E-state index in [1.807, 2.05) is 0 Å². The molecule has 1 heterocycles. The molecular formula is C16H25NO. The SMILES string of the molecule is OCCC1CCCN(CCCc2ccccc2)C1. The zero-order valence-corrected chi connectivity index (χ0v) is 11.2. The van der Waals surface area contributed by atoms with Gasteiger partial charge in [-0.05, 0) is 56.7 Å². The number of aliphatic hydroxyl groups excluding tert-OH is 1. The van der Waals surface area contributed by atoms with Crippen molar-refractivity contribution < 1.29 is 5.11 Å². The molecule has 1 aliphatic heterocycles. The van der Waals surface area contributed by atoms with Crippen LogP contribution in [0.15, 0.2) is 30.3 Å². The number of aryl methyl sites for hydroxylation is 1. The Kier molecular flexibility index (Phi) is 5.69. The number of nitrogens with zero attached hydrogens (tertiary/aromatic N) is 1. The van der Waals surface area contributed by atoms with Crippen LogP contribution in [0.4, 0.5) is 0 Å². The number of benzene rings is 1. The van der Waals surface area contributed by atoms with Crippen LogP contribution >= 0.6 is 0 Å². The number of aliphatic hydroxyl groups is 1. The molecule has 1 unspecified atom stereocenters. The van der Waals surface area contributed by atoms with E-state index in [-0.39, 0.29) is 0 Å². The largest absolute Gasteiger partial charge is 0.396 e. The fourth-order valence-corrected chi connectivity index (χ4v) is 2.92. The van der Waals surface area contributed by atoms with Crippen LogP contribution < -0.4 is 0 Å². The zero-order chi connectivity index (χ0) is 12.6. The second-order valence-electron chi connectivity index (χ2n) is 5.41. The molecule has 0 amide bonds. The molecule has 0 radical (unpaired) electrons. The number of piperidine rings is 1. The van der Waals surface area contributed by atoms with E-state index < -0.39 is 0 Å². The van der Waals surface area contributed by atoms with E-state index in [0.717, 1.165) is 12.3 Å². The third-order valence-corrected chi connectivity index (χ3v) is 3.92. The number of hydrogen-bond acceptors (Lipinski definition) is 2. The maximum atomic E-state index is 9.01. The van der Waals surface area contributed by atoms with Gasteiger partial charge in [0.15, 0.2) is 0 Å². The van der Waals surface area contributed by atoms with Crippen molar-refractivity contribution in [3.8, 4) is 0 Å². The van der Waals surface area contributed by atoms with E-state index in [1.54, 1.807) is 0 Å². The highest BCUT2D eigenvalue weighted by Gasteiger charge is 2.18. The molecular weight excluding hydrogens is 222 g/mol. The fourth-order valence-electron chi connectivity index (χ4n) is 2.92. The molecule has 0 bridgehead atoms. The molecule has 1 atom stereocenters. The molecule has 1 aliphatic rings. The van der Waals surface area contributed by atoms with Crippen molar-refractivity contribution in [2.24, 2.45) is 5.92 Å². The minimum absolute atomic E-state index is 0.350. The van der Waals surface area contributed by atoms with E-state index in [9.17, 15) is 0 Å². The molecule has 100 valence electrons. The third kappa shape index (κ3) is 4.43. The maximum absolute atomic E-state index is 9.01. The summed E-state index contributed by atoms with van der Waals surface area (Å²) in [7, 11) is 0. The summed E-state index contributed by atoms with van der Waals surface area (Å²) in [6.07, 6.45) is 6.01. The topological polar surface area (TPSA) is 23.5 Å². The lowest BCUT2D eigenvalue weighted by Gasteiger charge is -2.32. The zero-order valence-electron chi connectivity index (χ0n) is 11.2. The first-order valence-corrected chi connectivity index (χ1v) is 7.25. The highest BCUT2D eigenvalue weighted by molar-refractivity contribution is 5.14. The van der Waals surface area contributed by atoms with E-state index in [1.165, 1.54) is 50.9 Å². The van der Waals surface area contributed by atoms with Gasteiger partial charge >= 0.3 is 0 Å². The van der Waals surface area contributed by atoms with Crippen molar-refractivity contribution >= 4 is 0 Å². The van der Waals surface area contributed by atoms with Crippen molar-refractivity contribution in [1.29, 1.82) is 0 Å². The molecule has 2 rings (SSSR count). The Morgan fingerprint density at radius 1 is 1.22 bits per heavy atom. The average Bonchev–Trinajstić information content (AvgIpc) is 2.41. The van der Waals surface area contributed by atoms with Gasteiger partial charge in [0.2, 0.25) is 0 Å². The van der Waals surface area contributed by atoms with Gasteiger partial charge < -0.3 is 10.0 Å². The monoisotopic (exact) mass is 247 g/mol. The fraction of sp³-hybridized carbons (Fsp3) is 0.625. The first kappa shape index (κ1) is 13.6. The summed E-state index contributed by atoms with van der Waals surface area (Å²) in [6.45, 7) is 3.99. The Hall–Kier alpha value is -0.860. The molecule has 0 aliphatic carbocycles. The van der Waals surface area contributed by atoms with Gasteiger partial charge in [-0.1, -0.05) is 30.3 Å². The molecule has 2 heteroatoms. The molecule has 0 saturated carbocycles. The molecule has 1 saturated heterocycles. The van der Waals surface area contributed by atoms with Gasteiger partial charge in [0, 0.05) is 13.2 Å². The van der Waals surface area contributed by atoms with Crippen LogP contribution in [-0.4, -0.2) is 36.2 Å². The standard InChI is InChI=1S/C16H25NO/c18-13-10-16-9-5-12-17(14-16)11-4-8-15-6-2-1-3-7-15/h1-3,6-7,16,18H,4-5,8-14H2. The second-order valence-corrected chi connectivity index (χ2v) is 5.41. The molecule has 0 spiro atoms. The number of hydrogen-bond donors (Lipinski definition) is 1. The van der Waals surface area contributed by atoms with Crippen molar-refractivity contribution in [2.45, 2.75) is 32.1 Å². The van der Waals surface area contributed by atoms with Crippen LogP contribution in [0.25, 0.3) is 0 Å². The van der Waals surface area contributed by atoms with Crippen molar-refractivity contribution in [3.63, 3.8) is 0 Å². The van der Waals surface area contributed by atoms with Crippen LogP contribution in [0.3, 0.4) is 0 Å². The molecule has 1 fully saturated rings. The highest BCUT2D eigenvalue weighted by atomic mass is 16.3. The molecule has 2 nitrogen and oxygen atoms in total. The van der Waals surface area contributed by atoms with E-state index in [0.29, 0.717) is 6.61 Å². The van der Waals surface area contributed by atoms with E-state index >= 15 is 0 Å². The molecule has 1 aromatic carbocycles. The normalized spacial score (nSPS) is 21.1. The Morgan fingerprint density at radius 3 is 2.83 bits per heavy atom.